The summed E-state index contributed by atoms with van der Waals surface area (Å²) in [7, 11) is 0. The molecule has 0 saturated carbocycles. The summed E-state index contributed by atoms with van der Waals surface area (Å²) in [4.78, 5) is 0. The Labute approximate surface area is 66.3 Å². The van der Waals surface area contributed by atoms with E-state index in [9.17, 15) is 0 Å². The van der Waals surface area contributed by atoms with E-state index in [2.05, 4.69) is 23.4 Å². The Morgan fingerprint density at radius 3 is 2.55 bits per heavy atom. The van der Waals surface area contributed by atoms with Crippen molar-refractivity contribution in [3.63, 3.8) is 0 Å². The Balaban J connectivity index is 3.22. The van der Waals surface area contributed by atoms with E-state index in [4.69, 9.17) is 0 Å². The van der Waals surface area contributed by atoms with Crippen molar-refractivity contribution >= 4 is 11.6 Å². The molecule has 0 saturated heterocycles. The van der Waals surface area contributed by atoms with Crippen molar-refractivity contribution in [2.75, 3.05) is 0 Å². The minimum atomic E-state index is 0.979. The van der Waals surface area contributed by atoms with E-state index in [0.29, 0.717) is 0 Å². The van der Waals surface area contributed by atoms with Gasteiger partial charge in [-0.2, -0.15) is 10.2 Å². The van der Waals surface area contributed by atoms with Gasteiger partial charge in [0.2, 0.25) is 0 Å². The molecule has 0 unspecified atom stereocenters. The second-order valence-electron chi connectivity index (χ2n) is 2.34. The van der Waals surface area contributed by atoms with Crippen LogP contribution in [0.3, 0.4) is 0 Å². The Morgan fingerprint density at radius 2 is 2.09 bits per heavy atom. The first-order valence-corrected chi connectivity index (χ1v) is 3.34. The van der Waals surface area contributed by atoms with Gasteiger partial charge >= 0.3 is 0 Å². The van der Waals surface area contributed by atoms with Crippen LogP contribution in [-0.4, -0.2) is 10.2 Å². The highest BCUT2D eigenvalue weighted by Crippen LogP contribution is 2.15. The molecule has 2 heteroatoms. The lowest BCUT2D eigenvalue weighted by atomic mass is 10.1. The molecule has 0 amide bonds. The van der Waals surface area contributed by atoms with Crippen LogP contribution in [0.25, 0.3) is 11.6 Å². The van der Waals surface area contributed by atoms with Crippen LogP contribution in [0.5, 0.6) is 0 Å². The minimum absolute atomic E-state index is 0.979. The third-order valence-corrected chi connectivity index (χ3v) is 1.44. The molecule has 0 aliphatic rings. The monoisotopic (exact) mass is 146 g/mol. The van der Waals surface area contributed by atoms with Gasteiger partial charge in [0.05, 0.1) is 12.4 Å². The van der Waals surface area contributed by atoms with Gasteiger partial charge in [-0.3, -0.25) is 0 Å². The van der Waals surface area contributed by atoms with Crippen LogP contribution in [0.2, 0.25) is 0 Å². The fourth-order valence-corrected chi connectivity index (χ4v) is 0.850. The molecule has 0 N–H and O–H groups in total. The number of allylic oxidation sites excluding steroid dienone is 1. The molecule has 1 heterocycles. The molecule has 2 nitrogen and oxygen atoms in total. The first kappa shape index (κ1) is 7.66. The maximum absolute atomic E-state index is 3.82. The van der Waals surface area contributed by atoms with Crippen LogP contribution in [0.4, 0.5) is 0 Å². The Hall–Kier alpha value is -1.44. The normalized spacial score (nSPS) is 9.18. The zero-order valence-corrected chi connectivity index (χ0v) is 6.54. The highest BCUT2D eigenvalue weighted by molar-refractivity contribution is 5.69. The van der Waals surface area contributed by atoms with E-state index >= 15 is 0 Å². The maximum atomic E-state index is 3.82. The number of rotatable bonds is 2. The van der Waals surface area contributed by atoms with Crippen LogP contribution in [0.1, 0.15) is 18.1 Å². The molecule has 0 atom stereocenters. The van der Waals surface area contributed by atoms with Crippen LogP contribution in [0, 0.1) is 0 Å². The predicted octanol–water partition coefficient (Wildman–Crippen LogP) is 2.15. The Kier molecular flexibility index (Phi) is 2.16. The van der Waals surface area contributed by atoms with E-state index in [1.807, 2.05) is 6.92 Å². The molecule has 56 valence electrons. The summed E-state index contributed by atoms with van der Waals surface area (Å²) in [6, 6.07) is 0. The van der Waals surface area contributed by atoms with Gasteiger partial charge in [0, 0.05) is 11.1 Å². The van der Waals surface area contributed by atoms with E-state index < -0.39 is 0 Å². The highest BCUT2D eigenvalue weighted by atomic mass is 15.1. The average Bonchev–Trinajstić information content (AvgIpc) is 2.04. The van der Waals surface area contributed by atoms with Crippen molar-refractivity contribution in [1.82, 2.24) is 10.2 Å². The quantitative estimate of drug-likeness (QED) is 0.639. The summed E-state index contributed by atoms with van der Waals surface area (Å²) in [5, 5.41) is 7.49. The van der Waals surface area contributed by atoms with Gasteiger partial charge in [0.1, 0.15) is 0 Å². The Bertz CT molecular complexity index is 289. The zero-order valence-electron chi connectivity index (χ0n) is 6.54. The SMILES string of the molecule is C=Cc1cnncc1C(=C)C. The molecule has 11 heavy (non-hydrogen) atoms. The van der Waals surface area contributed by atoms with Crippen molar-refractivity contribution < 1.29 is 0 Å². The fourth-order valence-electron chi connectivity index (χ4n) is 0.850. The summed E-state index contributed by atoms with van der Waals surface area (Å²) in [5.74, 6) is 0. The van der Waals surface area contributed by atoms with Crippen LogP contribution >= 0.6 is 0 Å². The molecule has 0 aliphatic heterocycles. The van der Waals surface area contributed by atoms with E-state index in [1.165, 1.54) is 0 Å². The summed E-state index contributed by atoms with van der Waals surface area (Å²) < 4.78 is 0. The first-order valence-electron chi connectivity index (χ1n) is 3.34. The van der Waals surface area contributed by atoms with Gasteiger partial charge in [-0.05, 0) is 12.5 Å². The first-order chi connectivity index (χ1) is 5.25. The van der Waals surface area contributed by atoms with Gasteiger partial charge < -0.3 is 0 Å². The molecule has 0 aromatic carbocycles. The van der Waals surface area contributed by atoms with Gasteiger partial charge in [0.25, 0.3) is 0 Å². The lowest BCUT2D eigenvalue weighted by molar-refractivity contribution is 1.02. The molecule has 1 aromatic rings. The second kappa shape index (κ2) is 3.10. The number of nitrogens with zero attached hydrogens (tertiary/aromatic N) is 2. The van der Waals surface area contributed by atoms with Gasteiger partial charge in [-0.15, -0.1) is 0 Å². The van der Waals surface area contributed by atoms with Gasteiger partial charge in [0.15, 0.2) is 0 Å². The summed E-state index contributed by atoms with van der Waals surface area (Å²) in [6.45, 7) is 9.42. The molecule has 0 radical (unpaired) electrons. The summed E-state index contributed by atoms with van der Waals surface area (Å²) >= 11 is 0. The smallest absolute Gasteiger partial charge is 0.0577 e. The minimum Gasteiger partial charge on any atom is -0.158 e. The number of hydrogen-bond donors (Lipinski definition) is 0. The second-order valence-corrected chi connectivity index (χ2v) is 2.34. The molecule has 0 fully saturated rings. The zero-order chi connectivity index (χ0) is 8.27. The standard InChI is InChI=1S/C9H10N2/c1-4-8-5-10-11-6-9(8)7(2)3/h4-6H,1-2H2,3H3. The fraction of sp³-hybridized carbons (Fsp3) is 0.111. The van der Waals surface area contributed by atoms with Crippen molar-refractivity contribution in [2.24, 2.45) is 0 Å². The van der Waals surface area contributed by atoms with Crippen LogP contribution in [0.15, 0.2) is 25.6 Å². The Morgan fingerprint density at radius 1 is 1.45 bits per heavy atom. The molecular weight excluding hydrogens is 136 g/mol. The highest BCUT2D eigenvalue weighted by Gasteiger charge is 1.98. The molecule has 0 aliphatic carbocycles. The molecule has 1 rings (SSSR count). The lowest BCUT2D eigenvalue weighted by Gasteiger charge is -2.01. The third kappa shape index (κ3) is 1.52. The van der Waals surface area contributed by atoms with E-state index in [-0.39, 0.29) is 0 Å². The molecule has 1 aromatic heterocycles. The molecule has 0 bridgehead atoms. The predicted molar refractivity (Wildman–Crippen MR) is 46.8 cm³/mol. The van der Waals surface area contributed by atoms with Crippen LogP contribution < -0.4 is 0 Å². The topological polar surface area (TPSA) is 25.8 Å². The summed E-state index contributed by atoms with van der Waals surface area (Å²) in [5.41, 5.74) is 2.97. The van der Waals surface area contributed by atoms with Crippen LogP contribution in [-0.2, 0) is 0 Å². The molecular formula is C9H10N2. The average molecular weight is 146 g/mol. The maximum Gasteiger partial charge on any atom is 0.0577 e. The number of hydrogen-bond acceptors (Lipinski definition) is 2. The third-order valence-electron chi connectivity index (χ3n) is 1.44. The van der Waals surface area contributed by atoms with Crippen molar-refractivity contribution in [3.05, 3.63) is 36.7 Å². The van der Waals surface area contributed by atoms with E-state index in [0.717, 1.165) is 16.7 Å². The summed E-state index contributed by atoms with van der Waals surface area (Å²) in [6.07, 6.45) is 5.12. The van der Waals surface area contributed by atoms with Crippen molar-refractivity contribution in [1.29, 1.82) is 0 Å². The molecule has 0 spiro atoms. The van der Waals surface area contributed by atoms with Crippen molar-refractivity contribution in [3.8, 4) is 0 Å². The number of aromatic nitrogens is 2. The largest absolute Gasteiger partial charge is 0.158 e. The lowest BCUT2D eigenvalue weighted by Crippen LogP contribution is -1.88. The van der Waals surface area contributed by atoms with E-state index in [1.54, 1.807) is 18.5 Å². The van der Waals surface area contributed by atoms with Gasteiger partial charge in [-0.25, -0.2) is 0 Å². The van der Waals surface area contributed by atoms with Crippen molar-refractivity contribution in [2.45, 2.75) is 6.92 Å². The van der Waals surface area contributed by atoms with Gasteiger partial charge in [-0.1, -0.05) is 19.2 Å².